The monoisotopic (exact) mass is 600 g/mol. The number of amides is 1. The van der Waals surface area contributed by atoms with Crippen molar-refractivity contribution < 1.29 is 4.79 Å². The average molecular weight is 601 g/mol. The number of anilines is 4. The van der Waals surface area contributed by atoms with Gasteiger partial charge >= 0.3 is 0 Å². The predicted molar refractivity (Wildman–Crippen MR) is 161 cm³/mol. The Balaban J connectivity index is 1.05. The molecule has 0 atom stereocenters. The van der Waals surface area contributed by atoms with Gasteiger partial charge < -0.3 is 25.8 Å². The Morgan fingerprint density at radius 1 is 1.12 bits per heavy atom. The van der Waals surface area contributed by atoms with Gasteiger partial charge in [-0.25, -0.2) is 4.98 Å². The van der Waals surface area contributed by atoms with Crippen molar-refractivity contribution in [3.63, 3.8) is 0 Å². The van der Waals surface area contributed by atoms with E-state index >= 15 is 0 Å². The molecule has 3 N–H and O–H groups in total. The number of nitrogens with one attached hydrogen (secondary N) is 3. The van der Waals surface area contributed by atoms with Crippen LogP contribution in [0.15, 0.2) is 18.3 Å². The Bertz CT molecular complexity index is 1630. The van der Waals surface area contributed by atoms with Crippen molar-refractivity contribution in [1.82, 2.24) is 34.7 Å². The fourth-order valence-corrected chi connectivity index (χ4v) is 6.68. The van der Waals surface area contributed by atoms with E-state index in [-0.39, 0.29) is 17.3 Å². The number of halogens is 1. The lowest BCUT2D eigenvalue weighted by Crippen LogP contribution is -2.62. The summed E-state index contributed by atoms with van der Waals surface area (Å²) in [6.07, 6.45) is 5.56. The van der Waals surface area contributed by atoms with E-state index in [4.69, 9.17) is 11.6 Å². The third kappa shape index (κ3) is 5.52. The minimum atomic E-state index is 0.220. The highest BCUT2D eigenvalue weighted by Crippen LogP contribution is 2.44. The SMILES string of the molecule is N#Cc1cc(Nc2nc(NC3CC3)c3ncc(C#N)n3n2)c(Cl)c(N2CCC3(CC2)CN(CC(=O)N2CCNCC2)C3)c1. The van der Waals surface area contributed by atoms with Crippen LogP contribution < -0.4 is 20.9 Å². The van der Waals surface area contributed by atoms with Crippen molar-refractivity contribution in [1.29, 1.82) is 10.5 Å². The molecular formula is C29H33ClN12O. The molecule has 1 aliphatic carbocycles. The zero-order valence-corrected chi connectivity index (χ0v) is 24.6. The number of likely N-dealkylation sites (tertiary alicyclic amines) is 1. The van der Waals surface area contributed by atoms with Crippen LogP contribution in [-0.4, -0.2) is 100 Å². The van der Waals surface area contributed by atoms with Crippen molar-refractivity contribution >= 4 is 46.3 Å². The van der Waals surface area contributed by atoms with Crippen molar-refractivity contribution in [2.75, 3.05) is 74.4 Å². The highest BCUT2D eigenvalue weighted by molar-refractivity contribution is 6.36. The Morgan fingerprint density at radius 3 is 2.58 bits per heavy atom. The number of piperazine rings is 1. The van der Waals surface area contributed by atoms with Gasteiger partial charge in [-0.05, 0) is 43.2 Å². The molecule has 0 bridgehead atoms. The Hall–Kier alpha value is -4.17. The molecule has 0 unspecified atom stereocenters. The van der Waals surface area contributed by atoms with Crippen LogP contribution in [0.5, 0.6) is 0 Å². The van der Waals surface area contributed by atoms with Crippen LogP contribution in [0.3, 0.4) is 0 Å². The largest absolute Gasteiger partial charge is 0.370 e. The van der Waals surface area contributed by atoms with Gasteiger partial charge in [0.1, 0.15) is 6.07 Å². The van der Waals surface area contributed by atoms with Crippen LogP contribution in [0.2, 0.25) is 5.02 Å². The molecule has 13 nitrogen and oxygen atoms in total. The van der Waals surface area contributed by atoms with E-state index in [1.54, 1.807) is 6.07 Å². The van der Waals surface area contributed by atoms with Gasteiger partial charge in [0.2, 0.25) is 11.9 Å². The van der Waals surface area contributed by atoms with Gasteiger partial charge in [-0.2, -0.15) is 20.0 Å². The van der Waals surface area contributed by atoms with E-state index in [0.717, 1.165) is 83.7 Å². The molecule has 14 heteroatoms. The number of piperidine rings is 1. The number of hydrogen-bond donors (Lipinski definition) is 3. The lowest BCUT2D eigenvalue weighted by molar-refractivity contribution is -0.137. The number of rotatable bonds is 7. The first-order valence-electron chi connectivity index (χ1n) is 14.8. The van der Waals surface area contributed by atoms with Crippen LogP contribution in [0.1, 0.15) is 36.9 Å². The zero-order valence-electron chi connectivity index (χ0n) is 23.8. The number of nitriles is 2. The standard InChI is InChI=1S/C29H33ClN12O/c30-25-22(36-28-37-26(35-20-1-2-20)27-34-15-21(14-32)42(27)38-28)11-19(13-31)12-23(25)40-7-3-29(4-8-40)17-39(18-29)16-24(43)41-9-5-33-6-10-41/h11-12,15,20,33H,1-10,16-18H2,(H2,35,36,37,38). The Morgan fingerprint density at radius 2 is 1.88 bits per heavy atom. The number of hydrogen-bond acceptors (Lipinski definition) is 11. The number of benzene rings is 1. The molecular weight excluding hydrogens is 568 g/mol. The number of aromatic nitrogens is 4. The average Bonchev–Trinajstić information content (AvgIpc) is 3.73. The van der Waals surface area contributed by atoms with E-state index in [1.807, 2.05) is 11.0 Å². The number of imidazole rings is 1. The number of carbonyl (C=O) groups excluding carboxylic acids is 1. The molecule has 3 aromatic rings. The predicted octanol–water partition coefficient (Wildman–Crippen LogP) is 2.17. The normalized spacial score (nSPS) is 20.0. The highest BCUT2D eigenvalue weighted by atomic mass is 35.5. The fraction of sp³-hybridized carbons (Fsp3) is 0.517. The summed E-state index contributed by atoms with van der Waals surface area (Å²) in [5, 5.41) is 34.2. The van der Waals surface area contributed by atoms with Gasteiger partial charge in [0.25, 0.3) is 0 Å². The van der Waals surface area contributed by atoms with E-state index in [9.17, 15) is 15.3 Å². The molecule has 3 aliphatic heterocycles. The van der Waals surface area contributed by atoms with Gasteiger partial charge in [-0.15, -0.1) is 5.10 Å². The zero-order chi connectivity index (χ0) is 29.6. The molecule has 2 aromatic heterocycles. The maximum absolute atomic E-state index is 12.7. The summed E-state index contributed by atoms with van der Waals surface area (Å²) in [7, 11) is 0. The molecule has 5 heterocycles. The molecule has 1 amide bonds. The van der Waals surface area contributed by atoms with Crippen LogP contribution in [0, 0.1) is 28.1 Å². The minimum absolute atomic E-state index is 0.220. The van der Waals surface area contributed by atoms with Crippen LogP contribution in [0.4, 0.5) is 23.1 Å². The molecule has 7 rings (SSSR count). The molecule has 0 radical (unpaired) electrons. The highest BCUT2D eigenvalue weighted by Gasteiger charge is 2.45. The van der Waals surface area contributed by atoms with Crippen LogP contribution in [0.25, 0.3) is 5.65 Å². The first-order valence-corrected chi connectivity index (χ1v) is 15.2. The summed E-state index contributed by atoms with van der Waals surface area (Å²) in [5.74, 6) is 1.01. The van der Waals surface area contributed by atoms with Crippen molar-refractivity contribution in [2.24, 2.45) is 5.41 Å². The summed E-state index contributed by atoms with van der Waals surface area (Å²) in [6, 6.07) is 8.22. The maximum atomic E-state index is 12.7. The fourth-order valence-electron chi connectivity index (χ4n) is 6.40. The van der Waals surface area contributed by atoms with Gasteiger partial charge in [-0.1, -0.05) is 11.6 Å². The number of nitrogens with zero attached hydrogens (tertiary/aromatic N) is 9. The number of fused-ring (bicyclic) bond motifs is 1. The lowest BCUT2D eigenvalue weighted by Gasteiger charge is -2.54. The lowest BCUT2D eigenvalue weighted by atomic mass is 9.72. The molecule has 1 spiro atoms. The summed E-state index contributed by atoms with van der Waals surface area (Å²) < 4.78 is 1.46. The molecule has 1 aromatic carbocycles. The van der Waals surface area contributed by atoms with Crippen molar-refractivity contribution in [2.45, 2.75) is 31.7 Å². The van der Waals surface area contributed by atoms with E-state index in [2.05, 4.69) is 53.0 Å². The van der Waals surface area contributed by atoms with Gasteiger partial charge in [0.05, 0.1) is 40.8 Å². The molecule has 4 aliphatic rings. The van der Waals surface area contributed by atoms with Gasteiger partial charge in [-0.3, -0.25) is 9.69 Å². The molecule has 222 valence electrons. The van der Waals surface area contributed by atoms with Crippen LogP contribution >= 0.6 is 11.6 Å². The van der Waals surface area contributed by atoms with Crippen LogP contribution in [-0.2, 0) is 4.79 Å². The Kier molecular flexibility index (Phi) is 7.17. The first-order chi connectivity index (χ1) is 20.9. The second-order valence-electron chi connectivity index (χ2n) is 12.0. The smallest absolute Gasteiger partial charge is 0.247 e. The Labute approximate surface area is 254 Å². The van der Waals surface area contributed by atoms with Gasteiger partial charge in [0.15, 0.2) is 17.2 Å². The summed E-state index contributed by atoms with van der Waals surface area (Å²) in [4.78, 5) is 28.1. The third-order valence-corrected chi connectivity index (χ3v) is 9.33. The van der Waals surface area contributed by atoms with E-state index in [0.29, 0.717) is 46.0 Å². The summed E-state index contributed by atoms with van der Waals surface area (Å²) in [6.45, 7) is 7.31. The number of carbonyl (C=O) groups is 1. The topological polar surface area (TPSA) is 154 Å². The van der Waals surface area contributed by atoms with Gasteiger partial charge in [0, 0.05) is 58.4 Å². The first kappa shape index (κ1) is 27.7. The summed E-state index contributed by atoms with van der Waals surface area (Å²) >= 11 is 6.97. The minimum Gasteiger partial charge on any atom is -0.370 e. The molecule has 1 saturated carbocycles. The third-order valence-electron chi connectivity index (χ3n) is 8.94. The van der Waals surface area contributed by atoms with Crippen molar-refractivity contribution in [3.8, 4) is 12.1 Å². The van der Waals surface area contributed by atoms with Crippen molar-refractivity contribution in [3.05, 3.63) is 34.6 Å². The molecule has 3 saturated heterocycles. The summed E-state index contributed by atoms with van der Waals surface area (Å²) in [5.41, 5.74) is 2.78. The molecule has 43 heavy (non-hydrogen) atoms. The maximum Gasteiger partial charge on any atom is 0.247 e. The second kappa shape index (κ2) is 11.2. The second-order valence-corrected chi connectivity index (χ2v) is 12.4. The quantitative estimate of drug-likeness (QED) is 0.365. The van der Waals surface area contributed by atoms with E-state index < -0.39 is 0 Å². The molecule has 4 fully saturated rings. The van der Waals surface area contributed by atoms with E-state index in [1.165, 1.54) is 10.7 Å².